The van der Waals surface area contributed by atoms with Crippen molar-refractivity contribution in [2.75, 3.05) is 12.4 Å². The zero-order chi connectivity index (χ0) is 14.5. The number of carbonyl (C=O) groups excluding carboxylic acids is 1. The lowest BCUT2D eigenvalue weighted by Gasteiger charge is -2.07. The highest BCUT2D eigenvalue weighted by Gasteiger charge is 2.12. The topological polar surface area (TPSA) is 64.1 Å². The Hall–Kier alpha value is -2.21. The van der Waals surface area contributed by atoms with Crippen molar-refractivity contribution in [3.8, 4) is 6.01 Å². The summed E-state index contributed by atoms with van der Waals surface area (Å²) in [5, 5.41) is 2.77. The predicted octanol–water partition coefficient (Wildman–Crippen LogP) is 2.46. The Bertz CT molecular complexity index is 599. The van der Waals surface area contributed by atoms with Gasteiger partial charge in [0.15, 0.2) is 0 Å². The van der Waals surface area contributed by atoms with E-state index in [9.17, 15) is 9.18 Å². The fourth-order valence-corrected chi connectivity index (χ4v) is 1.78. The Morgan fingerprint density at radius 2 is 2.10 bits per heavy atom. The maximum Gasteiger partial charge on any atom is 0.316 e. The predicted molar refractivity (Wildman–Crippen MR) is 72.3 cm³/mol. The maximum absolute atomic E-state index is 13.5. The molecule has 20 heavy (non-hydrogen) atoms. The Balaban J connectivity index is 2.05. The number of carbonyl (C=O) groups is 1. The normalized spacial score (nSPS) is 10.2. The molecule has 1 aromatic heterocycles. The van der Waals surface area contributed by atoms with Gasteiger partial charge in [0.2, 0.25) is 5.91 Å². The Morgan fingerprint density at radius 1 is 1.40 bits per heavy atom. The minimum atomic E-state index is -0.515. The highest BCUT2D eigenvalue weighted by Crippen LogP contribution is 2.20. The van der Waals surface area contributed by atoms with Gasteiger partial charge in [-0.15, -0.1) is 0 Å². The third-order valence-corrected chi connectivity index (χ3v) is 2.85. The molecule has 2 aromatic rings. The van der Waals surface area contributed by atoms with Crippen molar-refractivity contribution < 1.29 is 13.9 Å². The van der Waals surface area contributed by atoms with Gasteiger partial charge in [-0.2, -0.15) is 0 Å². The lowest BCUT2D eigenvalue weighted by molar-refractivity contribution is -0.115. The molecule has 0 atom stereocenters. The van der Waals surface area contributed by atoms with Crippen LogP contribution in [-0.4, -0.2) is 23.0 Å². The van der Waals surface area contributed by atoms with Gasteiger partial charge in [0.05, 0.1) is 31.6 Å². The summed E-state index contributed by atoms with van der Waals surface area (Å²) in [5.41, 5.74) is 0.546. The van der Waals surface area contributed by atoms with E-state index < -0.39 is 11.7 Å². The fraction of sp³-hybridized carbons (Fsp3) is 0.154. The molecule has 1 heterocycles. The van der Waals surface area contributed by atoms with Crippen LogP contribution in [0.25, 0.3) is 0 Å². The smallest absolute Gasteiger partial charge is 0.316 e. The van der Waals surface area contributed by atoms with Gasteiger partial charge < -0.3 is 10.1 Å². The molecule has 0 unspecified atom stereocenters. The van der Waals surface area contributed by atoms with Gasteiger partial charge >= 0.3 is 6.01 Å². The zero-order valence-corrected chi connectivity index (χ0v) is 11.3. The fourth-order valence-electron chi connectivity index (χ4n) is 1.55. The van der Waals surface area contributed by atoms with Gasteiger partial charge in [-0.3, -0.25) is 4.79 Å². The number of hydrogen-bond acceptors (Lipinski definition) is 4. The van der Waals surface area contributed by atoms with Crippen LogP contribution in [0.4, 0.5) is 10.1 Å². The summed E-state index contributed by atoms with van der Waals surface area (Å²) >= 11 is 5.85. The van der Waals surface area contributed by atoms with Crippen molar-refractivity contribution in [3.63, 3.8) is 0 Å². The Kier molecular flexibility index (Phi) is 4.47. The molecule has 1 aromatic carbocycles. The highest BCUT2D eigenvalue weighted by molar-refractivity contribution is 6.31. The van der Waals surface area contributed by atoms with E-state index in [4.69, 9.17) is 16.3 Å². The lowest BCUT2D eigenvalue weighted by atomic mass is 10.1. The molecule has 0 spiro atoms. The molecule has 0 saturated carbocycles. The van der Waals surface area contributed by atoms with E-state index in [2.05, 4.69) is 15.3 Å². The minimum absolute atomic E-state index is 0.154. The van der Waals surface area contributed by atoms with Crippen LogP contribution in [0.2, 0.25) is 5.02 Å². The standard InChI is InChI=1S/C13H11ClFN3O2/c1-20-13-16-6-8(7-17-13)18-12(19)5-9-10(14)3-2-4-11(9)15/h2-4,6-7H,5H2,1H3,(H,18,19). The van der Waals surface area contributed by atoms with Crippen molar-refractivity contribution in [1.82, 2.24) is 9.97 Å². The van der Waals surface area contributed by atoms with E-state index in [0.717, 1.165) is 0 Å². The monoisotopic (exact) mass is 295 g/mol. The average molecular weight is 296 g/mol. The van der Waals surface area contributed by atoms with E-state index in [1.807, 2.05) is 0 Å². The molecule has 0 bridgehead atoms. The molecule has 0 saturated heterocycles. The highest BCUT2D eigenvalue weighted by atomic mass is 35.5. The zero-order valence-electron chi connectivity index (χ0n) is 10.6. The molecule has 7 heteroatoms. The molecule has 0 radical (unpaired) electrons. The SMILES string of the molecule is COc1ncc(NC(=O)Cc2c(F)cccc2Cl)cn1. The molecule has 1 amide bonds. The number of halogens is 2. The third kappa shape index (κ3) is 3.42. The number of aromatic nitrogens is 2. The van der Waals surface area contributed by atoms with Gasteiger partial charge in [-0.25, -0.2) is 14.4 Å². The van der Waals surface area contributed by atoms with Crippen LogP contribution < -0.4 is 10.1 Å². The van der Waals surface area contributed by atoms with Crippen LogP contribution >= 0.6 is 11.6 Å². The van der Waals surface area contributed by atoms with Crippen LogP contribution in [0.3, 0.4) is 0 Å². The molecular weight excluding hydrogens is 285 g/mol. The van der Waals surface area contributed by atoms with Crippen molar-refractivity contribution in [2.45, 2.75) is 6.42 Å². The number of rotatable bonds is 4. The molecular formula is C13H11ClFN3O2. The second-order valence-electron chi connectivity index (χ2n) is 3.88. The largest absolute Gasteiger partial charge is 0.467 e. The molecule has 0 aliphatic rings. The molecule has 104 valence electrons. The number of benzene rings is 1. The van der Waals surface area contributed by atoms with Crippen molar-refractivity contribution in [2.24, 2.45) is 0 Å². The van der Waals surface area contributed by atoms with Crippen molar-refractivity contribution in [1.29, 1.82) is 0 Å². The Labute approximate surface area is 119 Å². The molecule has 0 aliphatic carbocycles. The van der Waals surface area contributed by atoms with E-state index in [1.54, 1.807) is 0 Å². The summed E-state index contributed by atoms with van der Waals surface area (Å²) < 4.78 is 18.3. The average Bonchev–Trinajstić information content (AvgIpc) is 2.44. The maximum atomic E-state index is 13.5. The molecule has 5 nitrogen and oxygen atoms in total. The van der Waals surface area contributed by atoms with Crippen LogP contribution in [0.15, 0.2) is 30.6 Å². The second-order valence-corrected chi connectivity index (χ2v) is 4.29. The third-order valence-electron chi connectivity index (χ3n) is 2.49. The number of nitrogens with one attached hydrogen (secondary N) is 1. The van der Waals surface area contributed by atoms with Crippen molar-refractivity contribution in [3.05, 3.63) is 47.0 Å². The number of ether oxygens (including phenoxy) is 1. The number of nitrogens with zero attached hydrogens (tertiary/aromatic N) is 2. The van der Waals surface area contributed by atoms with E-state index in [0.29, 0.717) is 5.69 Å². The van der Waals surface area contributed by atoms with Gasteiger partial charge in [-0.1, -0.05) is 17.7 Å². The second kappa shape index (κ2) is 6.29. The first-order valence-electron chi connectivity index (χ1n) is 5.69. The van der Waals surface area contributed by atoms with Crippen LogP contribution in [0.5, 0.6) is 6.01 Å². The first-order chi connectivity index (χ1) is 9.60. The van der Waals surface area contributed by atoms with E-state index >= 15 is 0 Å². The number of hydrogen-bond donors (Lipinski definition) is 1. The van der Waals surface area contributed by atoms with Crippen LogP contribution in [0, 0.1) is 5.82 Å². The number of anilines is 1. The van der Waals surface area contributed by atoms with Gasteiger partial charge in [0.1, 0.15) is 5.82 Å². The van der Waals surface area contributed by atoms with E-state index in [-0.39, 0.29) is 23.0 Å². The quantitative estimate of drug-likeness (QED) is 0.941. The van der Waals surface area contributed by atoms with Crippen LogP contribution in [-0.2, 0) is 11.2 Å². The van der Waals surface area contributed by atoms with Crippen molar-refractivity contribution >= 4 is 23.2 Å². The summed E-state index contributed by atoms with van der Waals surface area (Å²) in [6.07, 6.45) is 2.62. The first-order valence-corrected chi connectivity index (χ1v) is 6.06. The summed E-state index contributed by atoms with van der Waals surface area (Å²) in [7, 11) is 1.44. The number of amides is 1. The summed E-state index contributed by atoms with van der Waals surface area (Å²) in [5.74, 6) is -0.926. The first kappa shape index (κ1) is 14.2. The Morgan fingerprint density at radius 3 is 2.70 bits per heavy atom. The summed E-state index contributed by atoms with van der Waals surface area (Å²) in [6.45, 7) is 0. The summed E-state index contributed by atoms with van der Waals surface area (Å²) in [4.78, 5) is 19.5. The van der Waals surface area contributed by atoms with Crippen LogP contribution in [0.1, 0.15) is 5.56 Å². The number of methoxy groups -OCH3 is 1. The van der Waals surface area contributed by atoms with E-state index in [1.165, 1.54) is 37.7 Å². The minimum Gasteiger partial charge on any atom is -0.467 e. The molecule has 0 fully saturated rings. The van der Waals surface area contributed by atoms with Gasteiger partial charge in [-0.05, 0) is 12.1 Å². The molecule has 1 N–H and O–H groups in total. The van der Waals surface area contributed by atoms with Gasteiger partial charge in [0, 0.05) is 10.6 Å². The molecule has 0 aliphatic heterocycles. The molecule has 2 rings (SSSR count). The summed E-state index contributed by atoms with van der Waals surface area (Å²) in [6, 6.07) is 4.46. The lowest BCUT2D eigenvalue weighted by Crippen LogP contribution is -2.16. The van der Waals surface area contributed by atoms with Gasteiger partial charge in [0.25, 0.3) is 0 Å².